The van der Waals surface area contributed by atoms with Crippen molar-refractivity contribution < 1.29 is 9.90 Å². The highest BCUT2D eigenvalue weighted by atomic mass is 16.4. The first-order valence-electron chi connectivity index (χ1n) is 6.95. The van der Waals surface area contributed by atoms with Gasteiger partial charge in [-0.3, -0.25) is 4.79 Å². The third-order valence-corrected chi connectivity index (χ3v) is 3.75. The molecule has 0 spiro atoms. The van der Waals surface area contributed by atoms with Crippen LogP contribution in [0.25, 0.3) is 5.82 Å². The number of nitrogens with zero attached hydrogens (tertiary/aromatic N) is 5. The maximum Gasteiger partial charge on any atom is 0.306 e. The first-order chi connectivity index (χ1) is 10.1. The van der Waals surface area contributed by atoms with E-state index in [2.05, 4.69) is 20.0 Å². The molecular formula is C14H17N5O2. The van der Waals surface area contributed by atoms with Gasteiger partial charge < -0.3 is 10.0 Å². The Morgan fingerprint density at radius 2 is 2.00 bits per heavy atom. The molecule has 1 N–H and O–H groups in total. The van der Waals surface area contributed by atoms with Crippen molar-refractivity contribution in [1.29, 1.82) is 0 Å². The summed E-state index contributed by atoms with van der Waals surface area (Å²) in [6, 6.07) is 1.88. The van der Waals surface area contributed by atoms with Gasteiger partial charge in [-0.1, -0.05) is 0 Å². The van der Waals surface area contributed by atoms with E-state index in [1.165, 1.54) is 6.33 Å². The molecule has 0 unspecified atom stereocenters. The highest BCUT2D eigenvalue weighted by Gasteiger charge is 2.25. The van der Waals surface area contributed by atoms with Crippen molar-refractivity contribution in [2.24, 2.45) is 5.92 Å². The fraction of sp³-hybridized carbons (Fsp3) is 0.429. The summed E-state index contributed by atoms with van der Waals surface area (Å²) in [5.41, 5.74) is 1.07. The smallest absolute Gasteiger partial charge is 0.306 e. The molecule has 1 aliphatic rings. The summed E-state index contributed by atoms with van der Waals surface area (Å²) in [5, 5.41) is 13.3. The van der Waals surface area contributed by atoms with Crippen LogP contribution < -0.4 is 4.90 Å². The normalized spacial score (nSPS) is 16.1. The van der Waals surface area contributed by atoms with E-state index in [9.17, 15) is 4.79 Å². The first kappa shape index (κ1) is 13.5. The Labute approximate surface area is 122 Å². The molecule has 2 aromatic heterocycles. The van der Waals surface area contributed by atoms with Gasteiger partial charge in [0, 0.05) is 25.4 Å². The van der Waals surface area contributed by atoms with E-state index in [1.807, 2.05) is 19.2 Å². The summed E-state index contributed by atoms with van der Waals surface area (Å²) >= 11 is 0. The molecule has 0 aromatic carbocycles. The molecule has 21 heavy (non-hydrogen) atoms. The fourth-order valence-corrected chi connectivity index (χ4v) is 2.53. The summed E-state index contributed by atoms with van der Waals surface area (Å²) < 4.78 is 1.71. The molecule has 0 bridgehead atoms. The Balaban J connectivity index is 1.76. The second-order valence-corrected chi connectivity index (χ2v) is 5.30. The summed E-state index contributed by atoms with van der Waals surface area (Å²) in [7, 11) is 0. The van der Waals surface area contributed by atoms with E-state index in [0.29, 0.717) is 31.7 Å². The number of aliphatic carboxylic acids is 1. The van der Waals surface area contributed by atoms with Crippen molar-refractivity contribution >= 4 is 11.8 Å². The van der Waals surface area contributed by atoms with Gasteiger partial charge in [-0.2, -0.15) is 5.10 Å². The molecule has 1 aliphatic heterocycles. The molecule has 3 heterocycles. The number of hydrogen-bond donors (Lipinski definition) is 1. The lowest BCUT2D eigenvalue weighted by molar-refractivity contribution is -0.142. The molecule has 3 rings (SSSR count). The van der Waals surface area contributed by atoms with Crippen LogP contribution in [0.5, 0.6) is 0 Å². The zero-order chi connectivity index (χ0) is 14.8. The van der Waals surface area contributed by atoms with Crippen molar-refractivity contribution in [3.63, 3.8) is 0 Å². The molecular weight excluding hydrogens is 270 g/mol. The van der Waals surface area contributed by atoms with Crippen LogP contribution in [0.3, 0.4) is 0 Å². The molecule has 1 fully saturated rings. The van der Waals surface area contributed by atoms with E-state index >= 15 is 0 Å². The summed E-state index contributed by atoms with van der Waals surface area (Å²) in [6.45, 7) is 3.37. The van der Waals surface area contributed by atoms with Crippen LogP contribution in [-0.2, 0) is 4.79 Å². The maximum absolute atomic E-state index is 11.0. The molecule has 0 amide bonds. The van der Waals surface area contributed by atoms with E-state index in [0.717, 1.165) is 11.4 Å². The van der Waals surface area contributed by atoms with Gasteiger partial charge in [0.05, 0.1) is 12.1 Å². The number of carbonyl (C=O) groups is 1. The predicted octanol–water partition coefficient (Wildman–Crippen LogP) is 1.27. The van der Waals surface area contributed by atoms with Gasteiger partial charge in [0.15, 0.2) is 5.82 Å². The Morgan fingerprint density at radius 1 is 1.29 bits per heavy atom. The molecule has 7 heteroatoms. The number of anilines is 1. The van der Waals surface area contributed by atoms with Crippen molar-refractivity contribution in [2.75, 3.05) is 18.0 Å². The van der Waals surface area contributed by atoms with Gasteiger partial charge in [-0.05, 0) is 25.3 Å². The molecule has 110 valence electrons. The van der Waals surface area contributed by atoms with Crippen LogP contribution in [0.1, 0.15) is 18.4 Å². The Morgan fingerprint density at radius 3 is 2.62 bits per heavy atom. The van der Waals surface area contributed by atoms with Gasteiger partial charge in [0.1, 0.15) is 12.1 Å². The van der Waals surface area contributed by atoms with Crippen molar-refractivity contribution in [3.8, 4) is 5.82 Å². The van der Waals surface area contributed by atoms with Gasteiger partial charge >= 0.3 is 5.97 Å². The Bertz CT molecular complexity index is 646. The summed E-state index contributed by atoms with van der Waals surface area (Å²) in [5.74, 6) is 0.590. The zero-order valence-electron chi connectivity index (χ0n) is 11.8. The number of hydrogen-bond acceptors (Lipinski definition) is 5. The minimum atomic E-state index is -0.704. The number of carboxylic acids is 1. The number of aryl methyl sites for hydroxylation is 1. The lowest BCUT2D eigenvalue weighted by Crippen LogP contribution is -2.36. The minimum absolute atomic E-state index is 0.240. The first-order valence-corrected chi connectivity index (χ1v) is 6.95. The standard InChI is InChI=1S/C14H17N5O2/c1-10-7-17-19(8-10)13-6-12(15-9-16-13)18-4-2-11(3-5-18)14(20)21/h6-9,11H,2-5H2,1H3,(H,20,21). The topological polar surface area (TPSA) is 84.1 Å². The van der Waals surface area contributed by atoms with Gasteiger partial charge in [-0.25, -0.2) is 14.6 Å². The number of piperidine rings is 1. The van der Waals surface area contributed by atoms with Crippen LogP contribution in [0.15, 0.2) is 24.8 Å². The number of rotatable bonds is 3. The Hall–Kier alpha value is -2.44. The van der Waals surface area contributed by atoms with E-state index < -0.39 is 5.97 Å². The van der Waals surface area contributed by atoms with E-state index in [-0.39, 0.29) is 5.92 Å². The average molecular weight is 287 g/mol. The van der Waals surface area contributed by atoms with Crippen molar-refractivity contribution in [2.45, 2.75) is 19.8 Å². The predicted molar refractivity (Wildman–Crippen MR) is 76.5 cm³/mol. The average Bonchev–Trinajstić information content (AvgIpc) is 2.94. The third kappa shape index (κ3) is 2.86. The molecule has 7 nitrogen and oxygen atoms in total. The summed E-state index contributed by atoms with van der Waals surface area (Å²) in [4.78, 5) is 21.6. The van der Waals surface area contributed by atoms with Gasteiger partial charge in [-0.15, -0.1) is 0 Å². The highest BCUT2D eigenvalue weighted by Crippen LogP contribution is 2.22. The molecule has 2 aromatic rings. The third-order valence-electron chi connectivity index (χ3n) is 3.75. The monoisotopic (exact) mass is 287 g/mol. The minimum Gasteiger partial charge on any atom is -0.481 e. The molecule has 1 saturated heterocycles. The van der Waals surface area contributed by atoms with Crippen LogP contribution in [0.4, 0.5) is 5.82 Å². The van der Waals surface area contributed by atoms with Crippen LogP contribution in [0.2, 0.25) is 0 Å². The van der Waals surface area contributed by atoms with Gasteiger partial charge in [0.2, 0.25) is 0 Å². The molecule has 0 radical (unpaired) electrons. The molecule has 0 saturated carbocycles. The fourth-order valence-electron chi connectivity index (χ4n) is 2.53. The lowest BCUT2D eigenvalue weighted by atomic mass is 9.97. The maximum atomic E-state index is 11.0. The largest absolute Gasteiger partial charge is 0.481 e. The second-order valence-electron chi connectivity index (χ2n) is 5.30. The van der Waals surface area contributed by atoms with Crippen molar-refractivity contribution in [1.82, 2.24) is 19.7 Å². The van der Waals surface area contributed by atoms with E-state index in [1.54, 1.807) is 10.9 Å². The molecule has 0 atom stereocenters. The van der Waals surface area contributed by atoms with E-state index in [4.69, 9.17) is 5.11 Å². The second kappa shape index (κ2) is 5.51. The van der Waals surface area contributed by atoms with Crippen LogP contribution in [-0.4, -0.2) is 43.9 Å². The molecule has 0 aliphatic carbocycles. The van der Waals surface area contributed by atoms with Crippen LogP contribution >= 0.6 is 0 Å². The SMILES string of the molecule is Cc1cnn(-c2cc(N3CCC(C(=O)O)CC3)ncn2)c1. The number of carboxylic acid groups (broad SMARTS) is 1. The number of aromatic nitrogens is 4. The highest BCUT2D eigenvalue weighted by molar-refractivity contribution is 5.70. The quantitative estimate of drug-likeness (QED) is 0.915. The van der Waals surface area contributed by atoms with Crippen molar-refractivity contribution in [3.05, 3.63) is 30.4 Å². The Kier molecular flexibility index (Phi) is 3.55. The van der Waals surface area contributed by atoms with Gasteiger partial charge in [0.25, 0.3) is 0 Å². The lowest BCUT2D eigenvalue weighted by Gasteiger charge is -2.30. The summed E-state index contributed by atoms with van der Waals surface area (Å²) in [6.07, 6.45) is 6.50. The van der Waals surface area contributed by atoms with Crippen LogP contribution in [0, 0.1) is 12.8 Å². The zero-order valence-corrected chi connectivity index (χ0v) is 11.8.